The number of hydrogen-bond donors (Lipinski definition) is 0. The van der Waals surface area contributed by atoms with E-state index in [4.69, 9.17) is 23.2 Å². The van der Waals surface area contributed by atoms with Crippen molar-refractivity contribution in [1.29, 1.82) is 0 Å². The smallest absolute Gasteiger partial charge is 0.280 e. The van der Waals surface area contributed by atoms with Crippen molar-refractivity contribution in [2.24, 2.45) is 0 Å². The van der Waals surface area contributed by atoms with E-state index in [1.807, 2.05) is 6.07 Å². The number of rotatable bonds is 1. The summed E-state index contributed by atoms with van der Waals surface area (Å²) in [6, 6.07) is 5.33. The minimum atomic E-state index is -0.0462. The lowest BCUT2D eigenvalue weighted by Crippen LogP contribution is -2.20. The highest BCUT2D eigenvalue weighted by Crippen LogP contribution is 2.32. The Morgan fingerprint density at radius 2 is 2.05 bits per heavy atom. The zero-order valence-electron chi connectivity index (χ0n) is 10.8. The normalized spacial score (nSPS) is 13.8. The third-order valence-corrected chi connectivity index (χ3v) is 5.29. The molecule has 3 heterocycles. The molecule has 21 heavy (non-hydrogen) atoms. The van der Waals surface area contributed by atoms with E-state index in [1.165, 1.54) is 11.3 Å². The highest BCUT2D eigenvalue weighted by atomic mass is 35.5. The summed E-state index contributed by atoms with van der Waals surface area (Å²) in [7, 11) is 0. The van der Waals surface area contributed by atoms with E-state index in [2.05, 4.69) is 9.97 Å². The van der Waals surface area contributed by atoms with Crippen molar-refractivity contribution in [3.63, 3.8) is 0 Å². The topological polar surface area (TPSA) is 47.8 Å². The van der Waals surface area contributed by atoms with Gasteiger partial charge in [-0.25, -0.2) is 9.97 Å². The largest absolute Gasteiger partial charge is 0.295 e. The van der Waals surface area contributed by atoms with E-state index in [-0.39, 0.29) is 5.56 Å². The van der Waals surface area contributed by atoms with Crippen LogP contribution in [0.5, 0.6) is 0 Å². The first-order valence-corrected chi connectivity index (χ1v) is 8.06. The maximum Gasteiger partial charge on any atom is 0.280 e. The van der Waals surface area contributed by atoms with Gasteiger partial charge in [0.1, 0.15) is 10.8 Å². The summed E-state index contributed by atoms with van der Waals surface area (Å²) < 4.78 is 1.72. The molecule has 0 fully saturated rings. The van der Waals surface area contributed by atoms with Gasteiger partial charge in [-0.05, 0) is 18.6 Å². The quantitative estimate of drug-likeness (QED) is 0.679. The predicted octanol–water partition coefficient (Wildman–Crippen LogP) is 3.77. The van der Waals surface area contributed by atoms with Crippen molar-refractivity contribution < 1.29 is 0 Å². The van der Waals surface area contributed by atoms with Crippen LogP contribution in [0, 0.1) is 0 Å². The van der Waals surface area contributed by atoms with Crippen molar-refractivity contribution >= 4 is 44.9 Å². The van der Waals surface area contributed by atoms with Gasteiger partial charge in [0.2, 0.25) is 0 Å². The number of aromatic nitrogens is 3. The summed E-state index contributed by atoms with van der Waals surface area (Å²) in [6.07, 6.45) is 1.82. The van der Waals surface area contributed by atoms with Gasteiger partial charge in [-0.15, -0.1) is 0 Å². The molecule has 0 amide bonds. The van der Waals surface area contributed by atoms with E-state index < -0.39 is 0 Å². The number of halogens is 2. The van der Waals surface area contributed by atoms with E-state index in [0.717, 1.165) is 35.8 Å². The fourth-order valence-corrected chi connectivity index (χ4v) is 3.76. The number of nitrogens with zero attached hydrogens (tertiary/aromatic N) is 3. The third-order valence-electron chi connectivity index (χ3n) is 3.55. The SMILES string of the molecule is O=c1c2nc(-c3ccc(Cl)c(Cl)c3)sc2nc2n1CCC2. The van der Waals surface area contributed by atoms with E-state index in [0.29, 0.717) is 20.4 Å². The molecule has 0 unspecified atom stereocenters. The molecule has 4 rings (SSSR count). The summed E-state index contributed by atoms with van der Waals surface area (Å²) in [5.41, 5.74) is 1.23. The summed E-state index contributed by atoms with van der Waals surface area (Å²) in [4.78, 5) is 22.1. The first kappa shape index (κ1) is 13.2. The summed E-state index contributed by atoms with van der Waals surface area (Å²) in [6.45, 7) is 0.733. The Morgan fingerprint density at radius 3 is 2.86 bits per heavy atom. The van der Waals surface area contributed by atoms with Crippen LogP contribution < -0.4 is 5.56 Å². The maximum atomic E-state index is 12.4. The molecule has 0 saturated carbocycles. The predicted molar refractivity (Wildman–Crippen MR) is 85.5 cm³/mol. The molecule has 0 saturated heterocycles. The Kier molecular flexibility index (Phi) is 3.03. The molecule has 7 heteroatoms. The second-order valence-corrected chi connectivity index (χ2v) is 6.68. The zero-order chi connectivity index (χ0) is 14.6. The Hall–Kier alpha value is -1.43. The first-order valence-electron chi connectivity index (χ1n) is 6.49. The van der Waals surface area contributed by atoms with E-state index in [9.17, 15) is 4.79 Å². The van der Waals surface area contributed by atoms with E-state index in [1.54, 1.807) is 16.7 Å². The van der Waals surface area contributed by atoms with Crippen LogP contribution in [-0.4, -0.2) is 14.5 Å². The van der Waals surface area contributed by atoms with Gasteiger partial charge in [-0.3, -0.25) is 9.36 Å². The van der Waals surface area contributed by atoms with E-state index >= 15 is 0 Å². The van der Waals surface area contributed by atoms with Gasteiger partial charge in [0.15, 0.2) is 10.3 Å². The van der Waals surface area contributed by atoms with Crippen molar-refractivity contribution in [2.45, 2.75) is 19.4 Å². The fourth-order valence-electron chi connectivity index (χ4n) is 2.52. The molecule has 3 aromatic rings. The molecular weight excluding hydrogens is 329 g/mol. The molecule has 1 aromatic carbocycles. The van der Waals surface area contributed by atoms with Crippen molar-refractivity contribution in [3.8, 4) is 10.6 Å². The van der Waals surface area contributed by atoms with Crippen molar-refractivity contribution in [2.75, 3.05) is 0 Å². The highest BCUT2D eigenvalue weighted by Gasteiger charge is 2.19. The van der Waals surface area contributed by atoms with Crippen LogP contribution in [0.4, 0.5) is 0 Å². The molecule has 0 N–H and O–H groups in total. The minimum Gasteiger partial charge on any atom is -0.295 e. The van der Waals surface area contributed by atoms with Gasteiger partial charge in [-0.2, -0.15) is 0 Å². The Bertz CT molecular complexity index is 932. The molecule has 1 aliphatic rings. The van der Waals surface area contributed by atoms with Crippen molar-refractivity contribution in [3.05, 3.63) is 44.4 Å². The van der Waals surface area contributed by atoms with Crippen LogP contribution in [0.2, 0.25) is 10.0 Å². The number of thiazole rings is 1. The fraction of sp³-hybridized carbons (Fsp3) is 0.214. The zero-order valence-corrected chi connectivity index (χ0v) is 13.1. The van der Waals surface area contributed by atoms with Crippen LogP contribution in [0.1, 0.15) is 12.2 Å². The lowest BCUT2D eigenvalue weighted by molar-refractivity contribution is 0.718. The van der Waals surface area contributed by atoms with Crippen LogP contribution >= 0.6 is 34.5 Å². The number of benzene rings is 1. The maximum absolute atomic E-state index is 12.4. The van der Waals surface area contributed by atoms with Gasteiger partial charge in [0.05, 0.1) is 10.0 Å². The van der Waals surface area contributed by atoms with Crippen LogP contribution in [0.25, 0.3) is 20.9 Å². The standard InChI is InChI=1S/C14H9Cl2N3OS/c15-8-4-3-7(6-9(8)16)12-18-11-13(21-12)17-10-2-1-5-19(10)14(11)20/h3-4,6H,1-2,5H2. The molecule has 0 radical (unpaired) electrons. The number of fused-ring (bicyclic) bond motifs is 2. The molecule has 0 bridgehead atoms. The summed E-state index contributed by atoms with van der Waals surface area (Å²) >= 11 is 13.4. The second kappa shape index (κ2) is 4.80. The first-order chi connectivity index (χ1) is 10.1. The molecular formula is C14H9Cl2N3OS. The monoisotopic (exact) mass is 337 g/mol. The van der Waals surface area contributed by atoms with Crippen LogP contribution in [0.15, 0.2) is 23.0 Å². The molecule has 0 spiro atoms. The molecule has 2 aromatic heterocycles. The Labute approximate surface area is 134 Å². The molecule has 4 nitrogen and oxygen atoms in total. The van der Waals surface area contributed by atoms with Crippen LogP contribution in [-0.2, 0) is 13.0 Å². The molecule has 1 aliphatic heterocycles. The summed E-state index contributed by atoms with van der Waals surface area (Å²) in [5, 5.41) is 1.71. The van der Waals surface area contributed by atoms with Crippen LogP contribution in [0.3, 0.4) is 0 Å². The minimum absolute atomic E-state index is 0.0462. The average molecular weight is 338 g/mol. The van der Waals surface area contributed by atoms with Gasteiger partial charge in [-0.1, -0.05) is 40.6 Å². The van der Waals surface area contributed by atoms with Gasteiger partial charge in [0.25, 0.3) is 5.56 Å². The molecule has 0 atom stereocenters. The number of aryl methyl sites for hydroxylation is 1. The van der Waals surface area contributed by atoms with Crippen molar-refractivity contribution in [1.82, 2.24) is 14.5 Å². The third kappa shape index (κ3) is 2.08. The Morgan fingerprint density at radius 1 is 1.19 bits per heavy atom. The Balaban J connectivity index is 1.93. The second-order valence-electron chi connectivity index (χ2n) is 4.89. The van der Waals surface area contributed by atoms with Gasteiger partial charge >= 0.3 is 0 Å². The summed E-state index contributed by atoms with van der Waals surface area (Å²) in [5.74, 6) is 0.858. The average Bonchev–Trinajstić information content (AvgIpc) is 3.09. The highest BCUT2D eigenvalue weighted by molar-refractivity contribution is 7.21. The molecule has 0 aliphatic carbocycles. The number of hydrogen-bond acceptors (Lipinski definition) is 4. The van der Waals surface area contributed by atoms with Gasteiger partial charge in [0, 0.05) is 18.5 Å². The molecule has 106 valence electrons. The van der Waals surface area contributed by atoms with Gasteiger partial charge < -0.3 is 0 Å². The lowest BCUT2D eigenvalue weighted by Gasteiger charge is -1.99. The lowest BCUT2D eigenvalue weighted by atomic mass is 10.2.